The van der Waals surface area contributed by atoms with Crippen molar-refractivity contribution < 1.29 is 4.79 Å². The van der Waals surface area contributed by atoms with Gasteiger partial charge in [-0.3, -0.25) is 0 Å². The molecule has 2 aromatic heterocycles. The monoisotopic (exact) mass is 342 g/mol. The van der Waals surface area contributed by atoms with Gasteiger partial charge in [0.1, 0.15) is 0 Å². The molecule has 0 spiro atoms. The number of nitrogens with one attached hydrogen (secondary N) is 2. The second-order valence-electron chi connectivity index (χ2n) is 4.67. The molecule has 0 aliphatic heterocycles. The molecule has 2 aromatic carbocycles. The van der Waals surface area contributed by atoms with E-state index in [9.17, 15) is 4.79 Å². The van der Waals surface area contributed by atoms with Crippen molar-refractivity contribution in [1.29, 1.82) is 0 Å². The molecule has 0 saturated heterocycles. The van der Waals surface area contributed by atoms with E-state index in [2.05, 4.69) is 18.3 Å². The van der Waals surface area contributed by atoms with E-state index in [1.807, 2.05) is 48.7 Å². The molecule has 0 unspecified atom stereocenters. The van der Waals surface area contributed by atoms with Gasteiger partial charge in [0.15, 0.2) is 0 Å². The number of hydrogen-bond donors (Lipinski definition) is 2. The minimum absolute atomic E-state index is 0.105. The molecule has 5 nitrogen and oxygen atoms in total. The second-order valence-corrected chi connectivity index (χ2v) is 5.78. The van der Waals surface area contributed by atoms with Gasteiger partial charge < -0.3 is 0 Å². The molecule has 6 heteroatoms. The number of H-pyrrole nitrogens is 1. The summed E-state index contributed by atoms with van der Waals surface area (Å²) in [6.07, 6.45) is 1.86. The summed E-state index contributed by atoms with van der Waals surface area (Å²) in [7, 11) is 0. The van der Waals surface area contributed by atoms with Crippen molar-refractivity contribution in [3.8, 4) is 0 Å². The summed E-state index contributed by atoms with van der Waals surface area (Å²) in [5.74, 6) is -0.144. The van der Waals surface area contributed by atoms with Gasteiger partial charge in [0.25, 0.3) is 0 Å². The number of anilines is 1. The topological polar surface area (TPSA) is 70.7 Å². The fraction of sp³-hybridized carbons (Fsp3) is 0. The van der Waals surface area contributed by atoms with Crippen molar-refractivity contribution in [2.75, 3.05) is 5.32 Å². The molecular weight excluding hydrogens is 331 g/mol. The second kappa shape index (κ2) is 4.84. The summed E-state index contributed by atoms with van der Waals surface area (Å²) >= 11 is -0.105. The Morgan fingerprint density at radius 2 is 2.10 bits per heavy atom. The fourth-order valence-corrected chi connectivity index (χ4v) is 3.44. The van der Waals surface area contributed by atoms with Crippen LogP contribution in [0.1, 0.15) is 10.4 Å². The zero-order valence-electron chi connectivity index (χ0n) is 10.8. The van der Waals surface area contributed by atoms with Gasteiger partial charge in [0, 0.05) is 0 Å². The third-order valence-electron chi connectivity index (χ3n) is 3.35. The number of nitrogens with zero attached hydrogens (tertiary/aromatic N) is 2. The molecule has 2 N–H and O–H groups in total. The van der Waals surface area contributed by atoms with Crippen LogP contribution in [-0.4, -0.2) is 33.8 Å². The molecular formula is C15H10N4OSe. The summed E-state index contributed by atoms with van der Waals surface area (Å²) in [6.45, 7) is 0. The normalized spacial score (nSPS) is 11.0. The number of aromatic amines is 1. The summed E-state index contributed by atoms with van der Waals surface area (Å²) in [4.78, 5) is 15.5. The van der Waals surface area contributed by atoms with E-state index < -0.39 is 0 Å². The van der Waals surface area contributed by atoms with Crippen molar-refractivity contribution in [1.82, 2.24) is 12.9 Å². The van der Waals surface area contributed by atoms with Crippen LogP contribution in [0.4, 0.5) is 5.69 Å². The summed E-state index contributed by atoms with van der Waals surface area (Å²) < 4.78 is 8.68. The van der Waals surface area contributed by atoms with E-state index in [1.54, 1.807) is 0 Å². The molecule has 0 aliphatic rings. The Balaban J connectivity index is 1.70. The molecule has 4 rings (SSSR count). The summed E-state index contributed by atoms with van der Waals surface area (Å²) in [6, 6.07) is 13.2. The van der Waals surface area contributed by atoms with Gasteiger partial charge in [-0.15, -0.1) is 0 Å². The van der Waals surface area contributed by atoms with Crippen molar-refractivity contribution >= 4 is 48.5 Å². The Kier molecular flexibility index (Phi) is 2.84. The Morgan fingerprint density at radius 1 is 1.14 bits per heavy atom. The van der Waals surface area contributed by atoms with Crippen LogP contribution >= 0.6 is 0 Å². The zero-order valence-corrected chi connectivity index (χ0v) is 12.5. The SMILES string of the molecule is O=C(Nc1cccc2n[se]nc12)c1ccc2cc[nH]c2c1. The van der Waals surface area contributed by atoms with Gasteiger partial charge in [-0.1, -0.05) is 0 Å². The number of hydrogen-bond acceptors (Lipinski definition) is 3. The van der Waals surface area contributed by atoms with Crippen molar-refractivity contribution in [2.45, 2.75) is 0 Å². The average molecular weight is 341 g/mol. The van der Waals surface area contributed by atoms with Crippen LogP contribution in [0.2, 0.25) is 0 Å². The number of benzene rings is 2. The van der Waals surface area contributed by atoms with Gasteiger partial charge in [-0.2, -0.15) is 0 Å². The van der Waals surface area contributed by atoms with Crippen molar-refractivity contribution in [3.63, 3.8) is 0 Å². The average Bonchev–Trinajstić information content (AvgIpc) is 3.15. The van der Waals surface area contributed by atoms with E-state index in [1.165, 1.54) is 0 Å². The van der Waals surface area contributed by atoms with Gasteiger partial charge in [-0.25, -0.2) is 0 Å². The molecule has 4 aromatic rings. The Labute approximate surface area is 126 Å². The van der Waals surface area contributed by atoms with Crippen LogP contribution in [0.25, 0.3) is 21.9 Å². The Hall–Kier alpha value is -2.43. The van der Waals surface area contributed by atoms with Crippen LogP contribution in [0.15, 0.2) is 48.7 Å². The molecule has 0 saturated carbocycles. The Morgan fingerprint density at radius 3 is 3.05 bits per heavy atom. The predicted molar refractivity (Wildman–Crippen MR) is 82.7 cm³/mol. The Bertz CT molecular complexity index is 956. The maximum atomic E-state index is 12.4. The van der Waals surface area contributed by atoms with Crippen molar-refractivity contribution in [2.24, 2.45) is 0 Å². The van der Waals surface area contributed by atoms with Crippen LogP contribution in [0.5, 0.6) is 0 Å². The standard InChI is InChI=1S/C15H10N4OSe/c20-15(10-5-4-9-6-7-16-13(9)8-10)17-11-2-1-3-12-14(11)19-21-18-12/h1-8,16H,(H,17,20). The molecule has 1 amide bonds. The van der Waals surface area contributed by atoms with E-state index >= 15 is 0 Å². The quantitative estimate of drug-likeness (QED) is 0.550. The van der Waals surface area contributed by atoms with Crippen molar-refractivity contribution in [3.05, 3.63) is 54.2 Å². The predicted octanol–water partition coefficient (Wildman–Crippen LogP) is 2.42. The molecule has 0 aliphatic carbocycles. The number of amides is 1. The van der Waals surface area contributed by atoms with Crippen LogP contribution in [0.3, 0.4) is 0 Å². The number of rotatable bonds is 2. The van der Waals surface area contributed by atoms with Gasteiger partial charge in [0.2, 0.25) is 0 Å². The van der Waals surface area contributed by atoms with E-state index in [0.29, 0.717) is 11.3 Å². The van der Waals surface area contributed by atoms with E-state index in [-0.39, 0.29) is 20.9 Å². The minimum atomic E-state index is -0.144. The first-order valence-electron chi connectivity index (χ1n) is 6.41. The third kappa shape index (κ3) is 2.14. The first-order valence-corrected chi connectivity index (χ1v) is 7.94. The first kappa shape index (κ1) is 12.3. The van der Waals surface area contributed by atoms with Crippen LogP contribution in [-0.2, 0) is 0 Å². The summed E-state index contributed by atoms with van der Waals surface area (Å²) in [5, 5.41) is 4.01. The molecule has 102 valence electrons. The molecule has 0 fully saturated rings. The molecule has 2 heterocycles. The number of carbonyl (C=O) groups is 1. The number of aromatic nitrogens is 3. The summed E-state index contributed by atoms with van der Waals surface area (Å²) in [5.41, 5.74) is 3.92. The third-order valence-corrected chi connectivity index (χ3v) is 4.49. The molecule has 21 heavy (non-hydrogen) atoms. The van der Waals surface area contributed by atoms with Crippen LogP contribution < -0.4 is 5.32 Å². The number of fused-ring (bicyclic) bond motifs is 2. The zero-order chi connectivity index (χ0) is 14.2. The molecule has 0 radical (unpaired) electrons. The van der Waals surface area contributed by atoms with Gasteiger partial charge >= 0.3 is 126 Å². The van der Waals surface area contributed by atoms with Crippen LogP contribution in [0, 0.1) is 0 Å². The molecule has 0 atom stereocenters. The number of carbonyl (C=O) groups excluding carboxylic acids is 1. The van der Waals surface area contributed by atoms with E-state index in [0.717, 1.165) is 21.9 Å². The first-order chi connectivity index (χ1) is 10.3. The van der Waals surface area contributed by atoms with E-state index in [4.69, 9.17) is 0 Å². The fourth-order valence-electron chi connectivity index (χ4n) is 2.29. The van der Waals surface area contributed by atoms with Gasteiger partial charge in [-0.05, 0) is 0 Å². The maximum absolute atomic E-state index is 12.4. The van der Waals surface area contributed by atoms with Gasteiger partial charge in [0.05, 0.1) is 0 Å². The molecule has 0 bridgehead atoms.